The molecule has 0 radical (unpaired) electrons. The molecule has 0 aromatic heterocycles. The second-order valence-electron chi connectivity index (χ2n) is 11.9. The van der Waals surface area contributed by atoms with Crippen LogP contribution < -0.4 is 10.6 Å². The summed E-state index contributed by atoms with van der Waals surface area (Å²) in [5.74, 6) is -0.169. The maximum Gasteiger partial charge on any atom is 0.251 e. The molecule has 0 aliphatic carbocycles. The molecule has 2 N–H and O–H groups in total. The lowest BCUT2D eigenvalue weighted by molar-refractivity contribution is 0.0952. The molecule has 40 heavy (non-hydrogen) atoms. The van der Waals surface area contributed by atoms with E-state index < -0.39 is 0 Å². The molecule has 2 amide bonds. The summed E-state index contributed by atoms with van der Waals surface area (Å²) in [4.78, 5) is 25.1. The lowest BCUT2D eigenvalue weighted by Crippen LogP contribution is -2.26. The number of carbonyl (C=O) groups is 2. The van der Waals surface area contributed by atoms with E-state index in [2.05, 4.69) is 24.5 Å². The fraction of sp³-hybridized carbons (Fsp3) is 0.778. The van der Waals surface area contributed by atoms with Gasteiger partial charge < -0.3 is 10.6 Å². The molecule has 230 valence electrons. The lowest BCUT2D eigenvalue weighted by Gasteiger charge is -2.08. The Kier molecular flexibility index (Phi) is 24.7. The largest absolute Gasteiger partial charge is 0.352 e. The third-order valence-electron chi connectivity index (χ3n) is 8.02. The van der Waals surface area contributed by atoms with Crippen molar-refractivity contribution in [2.75, 3.05) is 13.1 Å². The van der Waals surface area contributed by atoms with Crippen molar-refractivity contribution in [2.45, 2.75) is 168 Å². The molecule has 0 saturated heterocycles. The first-order valence-corrected chi connectivity index (χ1v) is 17.4. The molecule has 0 bridgehead atoms. The standard InChI is InChI=1S/C36H64N2O2/c1-3-5-7-9-11-13-15-17-19-21-23-25-30-37-35(39)33-28-27-29-34(32-33)36(40)38-31-26-24-22-20-18-16-14-12-10-8-6-4-2/h27-29,32H,3-26,30-31H2,1-2H3,(H,37,39)(H,38,40). The van der Waals surface area contributed by atoms with Gasteiger partial charge in [-0.05, 0) is 31.0 Å². The average Bonchev–Trinajstić information content (AvgIpc) is 2.97. The van der Waals surface area contributed by atoms with Crippen LogP contribution >= 0.6 is 0 Å². The van der Waals surface area contributed by atoms with Crippen molar-refractivity contribution >= 4 is 11.8 Å². The van der Waals surface area contributed by atoms with Crippen LogP contribution in [-0.4, -0.2) is 24.9 Å². The zero-order valence-corrected chi connectivity index (χ0v) is 26.5. The molecule has 1 aromatic carbocycles. The van der Waals surface area contributed by atoms with Crippen LogP contribution in [0.2, 0.25) is 0 Å². The zero-order chi connectivity index (χ0) is 28.9. The summed E-state index contributed by atoms with van der Waals surface area (Å²) >= 11 is 0. The third-order valence-corrected chi connectivity index (χ3v) is 8.02. The number of rotatable bonds is 28. The van der Waals surface area contributed by atoms with Gasteiger partial charge in [0.25, 0.3) is 11.8 Å². The third kappa shape index (κ3) is 21.0. The number of hydrogen-bond donors (Lipinski definition) is 2. The molecule has 4 nitrogen and oxygen atoms in total. The Labute approximate surface area is 248 Å². The first-order valence-electron chi connectivity index (χ1n) is 17.4. The molecule has 0 aliphatic heterocycles. The van der Waals surface area contributed by atoms with Crippen molar-refractivity contribution < 1.29 is 9.59 Å². The van der Waals surface area contributed by atoms with Crippen LogP contribution in [0.4, 0.5) is 0 Å². The Balaban J connectivity index is 2.04. The maximum atomic E-state index is 12.6. The highest BCUT2D eigenvalue weighted by Crippen LogP contribution is 2.13. The number of amides is 2. The van der Waals surface area contributed by atoms with Gasteiger partial charge in [-0.1, -0.05) is 161 Å². The molecule has 1 rings (SSSR count). The van der Waals surface area contributed by atoms with Crippen molar-refractivity contribution in [3.8, 4) is 0 Å². The van der Waals surface area contributed by atoms with Gasteiger partial charge in [-0.3, -0.25) is 9.59 Å². The summed E-state index contributed by atoms with van der Waals surface area (Å²) in [5, 5.41) is 6.05. The normalized spacial score (nSPS) is 11.1. The van der Waals surface area contributed by atoms with Crippen LogP contribution in [0.25, 0.3) is 0 Å². The van der Waals surface area contributed by atoms with Gasteiger partial charge in [0.05, 0.1) is 0 Å². The van der Waals surface area contributed by atoms with Gasteiger partial charge in [0.15, 0.2) is 0 Å². The predicted molar refractivity (Wildman–Crippen MR) is 173 cm³/mol. The number of benzene rings is 1. The monoisotopic (exact) mass is 556 g/mol. The minimum absolute atomic E-state index is 0.0846. The summed E-state index contributed by atoms with van der Waals surface area (Å²) in [6, 6.07) is 7.10. The first-order chi connectivity index (χ1) is 19.7. The van der Waals surface area contributed by atoms with Gasteiger partial charge in [0.1, 0.15) is 0 Å². The predicted octanol–water partition coefficient (Wildman–Crippen LogP) is 10.5. The molecule has 0 atom stereocenters. The van der Waals surface area contributed by atoms with E-state index in [1.54, 1.807) is 24.3 Å². The van der Waals surface area contributed by atoms with Gasteiger partial charge in [0.2, 0.25) is 0 Å². The zero-order valence-electron chi connectivity index (χ0n) is 26.5. The van der Waals surface area contributed by atoms with E-state index in [-0.39, 0.29) is 11.8 Å². The summed E-state index contributed by atoms with van der Waals surface area (Å²) in [5.41, 5.74) is 1.13. The van der Waals surface area contributed by atoms with Gasteiger partial charge in [-0.25, -0.2) is 0 Å². The van der Waals surface area contributed by atoms with Gasteiger partial charge in [-0.2, -0.15) is 0 Å². The minimum Gasteiger partial charge on any atom is -0.352 e. The highest BCUT2D eigenvalue weighted by Gasteiger charge is 2.10. The summed E-state index contributed by atoms with van der Waals surface area (Å²) < 4.78 is 0. The molecule has 4 heteroatoms. The SMILES string of the molecule is CCCCCCCCCCCCCCNC(=O)c1cccc(C(=O)NCCCCCCCCCCCCCC)c1. The van der Waals surface area contributed by atoms with Crippen LogP contribution in [0.1, 0.15) is 189 Å². The van der Waals surface area contributed by atoms with Crippen LogP contribution in [0.15, 0.2) is 24.3 Å². The maximum absolute atomic E-state index is 12.6. The van der Waals surface area contributed by atoms with Crippen molar-refractivity contribution in [1.82, 2.24) is 10.6 Å². The minimum atomic E-state index is -0.0846. The number of unbranched alkanes of at least 4 members (excludes halogenated alkanes) is 22. The van der Waals surface area contributed by atoms with Crippen LogP contribution in [0.5, 0.6) is 0 Å². The second-order valence-corrected chi connectivity index (χ2v) is 11.9. The quantitative estimate of drug-likeness (QED) is 0.101. The van der Waals surface area contributed by atoms with E-state index in [1.807, 2.05) is 0 Å². The molecule has 0 spiro atoms. The summed E-state index contributed by atoms with van der Waals surface area (Å²) in [7, 11) is 0. The van der Waals surface area contributed by atoms with Crippen LogP contribution in [-0.2, 0) is 0 Å². The molecule has 0 fully saturated rings. The Morgan fingerprint density at radius 2 is 0.725 bits per heavy atom. The van der Waals surface area contributed by atoms with Gasteiger partial charge in [0, 0.05) is 24.2 Å². The molecular formula is C36H64N2O2. The van der Waals surface area contributed by atoms with Crippen LogP contribution in [0, 0.1) is 0 Å². The number of hydrogen-bond acceptors (Lipinski definition) is 2. The van der Waals surface area contributed by atoms with Crippen molar-refractivity contribution in [3.05, 3.63) is 35.4 Å². The Morgan fingerprint density at radius 3 is 1.02 bits per heavy atom. The Bertz CT molecular complexity index is 676. The molecule has 0 saturated carbocycles. The van der Waals surface area contributed by atoms with Gasteiger partial charge in [-0.15, -0.1) is 0 Å². The molecule has 0 aliphatic rings. The Morgan fingerprint density at radius 1 is 0.450 bits per heavy atom. The van der Waals surface area contributed by atoms with Gasteiger partial charge >= 0.3 is 0 Å². The number of nitrogens with one attached hydrogen (secondary N) is 2. The van der Waals surface area contributed by atoms with E-state index in [1.165, 1.54) is 141 Å². The lowest BCUT2D eigenvalue weighted by atomic mass is 10.1. The first kappa shape index (κ1) is 36.2. The second kappa shape index (κ2) is 27.3. The van der Waals surface area contributed by atoms with E-state index >= 15 is 0 Å². The summed E-state index contributed by atoms with van der Waals surface area (Å²) in [6.45, 7) is 5.94. The smallest absolute Gasteiger partial charge is 0.251 e. The van der Waals surface area contributed by atoms with Crippen molar-refractivity contribution in [3.63, 3.8) is 0 Å². The molecular weight excluding hydrogens is 492 g/mol. The highest BCUT2D eigenvalue weighted by molar-refractivity contribution is 5.99. The van der Waals surface area contributed by atoms with Crippen LogP contribution in [0.3, 0.4) is 0 Å². The fourth-order valence-electron chi connectivity index (χ4n) is 5.34. The Hall–Kier alpha value is -1.84. The number of carbonyl (C=O) groups excluding carboxylic acids is 2. The average molecular weight is 557 g/mol. The van der Waals surface area contributed by atoms with E-state index in [9.17, 15) is 9.59 Å². The molecule has 0 unspecified atom stereocenters. The van der Waals surface area contributed by atoms with E-state index in [4.69, 9.17) is 0 Å². The topological polar surface area (TPSA) is 58.2 Å². The van der Waals surface area contributed by atoms with E-state index in [0.29, 0.717) is 24.2 Å². The fourth-order valence-corrected chi connectivity index (χ4v) is 5.34. The molecule has 1 aromatic rings. The summed E-state index contributed by atoms with van der Waals surface area (Å²) in [6.07, 6.45) is 31.5. The van der Waals surface area contributed by atoms with Crippen molar-refractivity contribution in [1.29, 1.82) is 0 Å². The highest BCUT2D eigenvalue weighted by atomic mass is 16.2. The van der Waals surface area contributed by atoms with Crippen molar-refractivity contribution in [2.24, 2.45) is 0 Å². The molecule has 0 heterocycles. The van der Waals surface area contributed by atoms with E-state index in [0.717, 1.165) is 12.8 Å².